The van der Waals surface area contributed by atoms with Crippen molar-refractivity contribution in [2.24, 2.45) is 0 Å². The van der Waals surface area contributed by atoms with Crippen LogP contribution in [-0.4, -0.2) is 32.6 Å². The third-order valence-corrected chi connectivity index (χ3v) is 4.73. The molecule has 7 nitrogen and oxygen atoms in total. The van der Waals surface area contributed by atoms with Crippen molar-refractivity contribution in [1.29, 1.82) is 0 Å². The number of hydrogen-bond donors (Lipinski definition) is 1. The smallest absolute Gasteiger partial charge is 0.240 e. The molecule has 2 aromatic heterocycles. The van der Waals surface area contributed by atoms with Crippen molar-refractivity contribution >= 4 is 23.4 Å². The molecule has 8 heteroatoms. The second kappa shape index (κ2) is 7.43. The van der Waals surface area contributed by atoms with Crippen molar-refractivity contribution < 1.29 is 9.21 Å². The predicted octanol–water partition coefficient (Wildman–Crippen LogP) is 2.79. The van der Waals surface area contributed by atoms with Crippen LogP contribution in [0.2, 0.25) is 0 Å². The molecular weight excluding hydrogens is 338 g/mol. The van der Waals surface area contributed by atoms with E-state index in [1.54, 1.807) is 23.3 Å². The summed E-state index contributed by atoms with van der Waals surface area (Å²) in [6.45, 7) is 4.36. The number of nitrogen functional groups attached to an aromatic ring is 1. The fourth-order valence-corrected chi connectivity index (χ4v) is 3.27. The number of furan rings is 1. The molecule has 25 heavy (non-hydrogen) atoms. The molecule has 0 aliphatic heterocycles. The lowest BCUT2D eigenvalue weighted by molar-refractivity contribution is -0.117. The number of anilines is 1. The van der Waals surface area contributed by atoms with Gasteiger partial charge in [0.1, 0.15) is 0 Å². The molecule has 0 saturated carbocycles. The van der Waals surface area contributed by atoms with E-state index in [9.17, 15) is 4.79 Å². The van der Waals surface area contributed by atoms with Gasteiger partial charge in [0.15, 0.2) is 5.76 Å². The molecule has 2 heterocycles. The third-order valence-electron chi connectivity index (χ3n) is 3.69. The number of thioether (sulfide) groups is 1. The molecular formula is C17H19N5O2S. The van der Waals surface area contributed by atoms with Crippen LogP contribution in [0.5, 0.6) is 0 Å². The van der Waals surface area contributed by atoms with Crippen molar-refractivity contribution in [2.75, 3.05) is 17.3 Å². The Bertz CT molecular complexity index is 832. The Morgan fingerprint density at radius 2 is 2.04 bits per heavy atom. The maximum Gasteiger partial charge on any atom is 0.240 e. The molecule has 3 aromatic rings. The highest BCUT2D eigenvalue weighted by atomic mass is 32.2. The van der Waals surface area contributed by atoms with Crippen LogP contribution in [0.15, 0.2) is 58.3 Å². The standard InChI is InChI=1S/C17H19N5O2S/c1-3-21(13-8-5-4-6-9-13)16(23)12(2)25-17-20-19-15(22(17)18)14-10-7-11-24-14/h4-12H,3,18H2,1-2H3. The summed E-state index contributed by atoms with van der Waals surface area (Å²) < 4.78 is 6.63. The van der Waals surface area contributed by atoms with Gasteiger partial charge in [-0.2, -0.15) is 0 Å². The number of para-hydroxylation sites is 1. The maximum absolute atomic E-state index is 12.8. The fraction of sp³-hybridized carbons (Fsp3) is 0.235. The Morgan fingerprint density at radius 3 is 2.68 bits per heavy atom. The molecule has 0 bridgehead atoms. The third kappa shape index (κ3) is 3.53. The zero-order chi connectivity index (χ0) is 17.8. The van der Waals surface area contributed by atoms with Gasteiger partial charge in [0.25, 0.3) is 0 Å². The normalized spacial score (nSPS) is 12.1. The minimum absolute atomic E-state index is 0.0127. The van der Waals surface area contributed by atoms with Crippen LogP contribution in [0.4, 0.5) is 5.69 Å². The Hall–Kier alpha value is -2.74. The summed E-state index contributed by atoms with van der Waals surface area (Å²) in [7, 11) is 0. The lowest BCUT2D eigenvalue weighted by atomic mass is 10.2. The van der Waals surface area contributed by atoms with Crippen LogP contribution in [0.1, 0.15) is 13.8 Å². The molecule has 0 aliphatic carbocycles. The van der Waals surface area contributed by atoms with Gasteiger partial charge in [0.05, 0.1) is 11.5 Å². The first-order valence-corrected chi connectivity index (χ1v) is 8.77. The van der Waals surface area contributed by atoms with Crippen LogP contribution < -0.4 is 10.7 Å². The summed E-state index contributed by atoms with van der Waals surface area (Å²) in [5.74, 6) is 6.98. The fourth-order valence-electron chi connectivity index (χ4n) is 2.43. The second-order valence-corrected chi connectivity index (χ2v) is 6.64. The molecule has 0 radical (unpaired) electrons. The molecule has 1 amide bonds. The van der Waals surface area contributed by atoms with Gasteiger partial charge in [-0.1, -0.05) is 30.0 Å². The van der Waals surface area contributed by atoms with Crippen molar-refractivity contribution in [3.63, 3.8) is 0 Å². The molecule has 0 saturated heterocycles. The van der Waals surface area contributed by atoms with Crippen LogP contribution in [0, 0.1) is 0 Å². The van der Waals surface area contributed by atoms with E-state index in [1.165, 1.54) is 16.4 Å². The molecule has 1 unspecified atom stereocenters. The number of carbonyl (C=O) groups excluding carboxylic acids is 1. The van der Waals surface area contributed by atoms with Crippen LogP contribution >= 0.6 is 11.8 Å². The molecule has 3 rings (SSSR count). The van der Waals surface area contributed by atoms with E-state index in [0.717, 1.165) is 5.69 Å². The second-order valence-electron chi connectivity index (χ2n) is 5.33. The molecule has 130 valence electrons. The number of benzene rings is 1. The largest absolute Gasteiger partial charge is 0.461 e. The number of rotatable bonds is 6. The van der Waals surface area contributed by atoms with E-state index in [1.807, 2.05) is 44.2 Å². The van der Waals surface area contributed by atoms with E-state index in [2.05, 4.69) is 10.2 Å². The van der Waals surface area contributed by atoms with Gasteiger partial charge in [-0.3, -0.25) is 4.79 Å². The minimum Gasteiger partial charge on any atom is -0.461 e. The first kappa shape index (κ1) is 17.1. The number of hydrogen-bond acceptors (Lipinski definition) is 6. The summed E-state index contributed by atoms with van der Waals surface area (Å²) in [6, 6.07) is 13.1. The molecule has 0 spiro atoms. The van der Waals surface area contributed by atoms with Crippen LogP contribution in [0.25, 0.3) is 11.6 Å². The predicted molar refractivity (Wildman–Crippen MR) is 97.7 cm³/mol. The van der Waals surface area contributed by atoms with Gasteiger partial charge in [0.2, 0.25) is 16.9 Å². The summed E-state index contributed by atoms with van der Waals surface area (Å²) in [4.78, 5) is 14.6. The SMILES string of the molecule is CCN(C(=O)C(C)Sc1nnc(-c2ccco2)n1N)c1ccccc1. The summed E-state index contributed by atoms with van der Waals surface area (Å²) in [5, 5.41) is 8.20. The van der Waals surface area contributed by atoms with Crippen LogP contribution in [-0.2, 0) is 4.79 Å². The van der Waals surface area contributed by atoms with Gasteiger partial charge in [-0.25, -0.2) is 4.68 Å². The number of amides is 1. The van der Waals surface area contributed by atoms with Crippen molar-refractivity contribution in [2.45, 2.75) is 24.3 Å². The van der Waals surface area contributed by atoms with E-state index in [-0.39, 0.29) is 11.2 Å². The summed E-state index contributed by atoms with van der Waals surface area (Å²) >= 11 is 1.27. The van der Waals surface area contributed by atoms with Gasteiger partial charge < -0.3 is 15.2 Å². The van der Waals surface area contributed by atoms with Gasteiger partial charge in [-0.05, 0) is 38.1 Å². The summed E-state index contributed by atoms with van der Waals surface area (Å²) in [6.07, 6.45) is 1.54. The van der Waals surface area contributed by atoms with Gasteiger partial charge in [-0.15, -0.1) is 10.2 Å². The Kier molecular flexibility index (Phi) is 5.08. The molecule has 2 N–H and O–H groups in total. The quantitative estimate of drug-likeness (QED) is 0.539. The highest BCUT2D eigenvalue weighted by Gasteiger charge is 2.24. The monoisotopic (exact) mass is 357 g/mol. The minimum atomic E-state index is -0.365. The lowest BCUT2D eigenvalue weighted by Crippen LogP contribution is -2.36. The Labute approximate surface area is 149 Å². The lowest BCUT2D eigenvalue weighted by Gasteiger charge is -2.24. The van der Waals surface area contributed by atoms with E-state index in [0.29, 0.717) is 23.3 Å². The number of nitrogens with zero attached hydrogens (tertiary/aromatic N) is 4. The highest BCUT2D eigenvalue weighted by Crippen LogP contribution is 2.27. The van der Waals surface area contributed by atoms with Gasteiger partial charge in [0, 0.05) is 12.2 Å². The molecule has 0 aliphatic rings. The van der Waals surface area contributed by atoms with E-state index < -0.39 is 0 Å². The highest BCUT2D eigenvalue weighted by molar-refractivity contribution is 8.00. The van der Waals surface area contributed by atoms with Crippen molar-refractivity contribution in [3.05, 3.63) is 48.7 Å². The maximum atomic E-state index is 12.8. The molecule has 1 aromatic carbocycles. The van der Waals surface area contributed by atoms with Crippen molar-refractivity contribution in [3.8, 4) is 11.6 Å². The van der Waals surface area contributed by atoms with E-state index >= 15 is 0 Å². The summed E-state index contributed by atoms with van der Waals surface area (Å²) in [5.41, 5.74) is 0.868. The zero-order valence-corrected chi connectivity index (χ0v) is 14.8. The number of aromatic nitrogens is 3. The Balaban J connectivity index is 1.76. The molecule has 1 atom stereocenters. The average molecular weight is 357 g/mol. The Morgan fingerprint density at radius 1 is 1.28 bits per heavy atom. The average Bonchev–Trinajstić information content (AvgIpc) is 3.27. The topological polar surface area (TPSA) is 90.2 Å². The van der Waals surface area contributed by atoms with Gasteiger partial charge >= 0.3 is 0 Å². The number of nitrogens with two attached hydrogens (primary N) is 1. The first-order valence-electron chi connectivity index (χ1n) is 7.89. The first-order chi connectivity index (χ1) is 12.1. The van der Waals surface area contributed by atoms with Crippen molar-refractivity contribution in [1.82, 2.24) is 14.9 Å². The van der Waals surface area contributed by atoms with E-state index in [4.69, 9.17) is 10.3 Å². The van der Waals surface area contributed by atoms with Crippen LogP contribution in [0.3, 0.4) is 0 Å². The zero-order valence-electron chi connectivity index (χ0n) is 14.0. The number of carbonyl (C=O) groups is 1. The molecule has 0 fully saturated rings.